The van der Waals surface area contributed by atoms with Crippen LogP contribution in [0.15, 0.2) is 41.5 Å². The minimum Gasteiger partial charge on any atom is -0.487 e. The molecule has 1 aliphatic heterocycles. The summed E-state index contributed by atoms with van der Waals surface area (Å²) in [5.41, 5.74) is 4.01. The number of amides is 1. The number of hydrazone groups is 1. The average Bonchev–Trinajstić information content (AvgIpc) is 3.14. The first-order chi connectivity index (χ1) is 13.5. The number of hydrogen-bond donors (Lipinski definition) is 1. The first-order valence-corrected chi connectivity index (χ1v) is 8.61. The summed E-state index contributed by atoms with van der Waals surface area (Å²) in [5, 5.41) is 15.3. The zero-order valence-corrected chi connectivity index (χ0v) is 15.4. The largest absolute Gasteiger partial charge is 0.487 e. The highest BCUT2D eigenvalue weighted by Gasteiger charge is 2.17. The van der Waals surface area contributed by atoms with Crippen LogP contribution in [0.2, 0.25) is 0 Å². The molecular weight excluding hydrogens is 366 g/mol. The van der Waals surface area contributed by atoms with Crippen LogP contribution < -0.4 is 19.6 Å². The van der Waals surface area contributed by atoms with E-state index in [-0.39, 0.29) is 30.6 Å². The van der Waals surface area contributed by atoms with Crippen LogP contribution in [-0.2, 0) is 11.2 Å². The highest BCUT2D eigenvalue weighted by Crippen LogP contribution is 2.32. The zero-order chi connectivity index (χ0) is 20.1. The summed E-state index contributed by atoms with van der Waals surface area (Å²) in [4.78, 5) is 22.8. The van der Waals surface area contributed by atoms with Crippen LogP contribution in [0.4, 0.5) is 5.69 Å². The average molecular weight is 385 g/mol. The summed E-state index contributed by atoms with van der Waals surface area (Å²) in [7, 11) is 0. The predicted molar refractivity (Wildman–Crippen MR) is 101 cm³/mol. The molecule has 0 saturated heterocycles. The molecule has 9 heteroatoms. The molecule has 0 fully saturated rings. The Labute approximate surface area is 161 Å². The van der Waals surface area contributed by atoms with Gasteiger partial charge in [0.15, 0.2) is 17.2 Å². The standard InChI is InChI=1S/C19H19N3O6/c1-3-26-16-7-5-14(10-15(16)22(24)25)12(2)20-21-19(23)9-13-4-6-17-18(8-13)28-11-27-17/h4-8,10H,3,9,11H2,1-2H3,(H,21,23)/b20-12-. The van der Waals surface area contributed by atoms with E-state index in [1.165, 1.54) is 12.1 Å². The number of fused-ring (bicyclic) bond motifs is 1. The van der Waals surface area contributed by atoms with Crippen molar-refractivity contribution >= 4 is 17.3 Å². The van der Waals surface area contributed by atoms with Crippen LogP contribution in [0.25, 0.3) is 0 Å². The smallest absolute Gasteiger partial charge is 0.311 e. The number of carbonyl (C=O) groups excluding carboxylic acids is 1. The van der Waals surface area contributed by atoms with Gasteiger partial charge in [-0.2, -0.15) is 5.10 Å². The Bertz CT molecular complexity index is 941. The second-order valence-corrected chi connectivity index (χ2v) is 5.97. The third kappa shape index (κ3) is 4.37. The van der Waals surface area contributed by atoms with Gasteiger partial charge in [-0.1, -0.05) is 6.07 Å². The summed E-state index contributed by atoms with van der Waals surface area (Å²) in [5.74, 6) is 1.12. The van der Waals surface area contributed by atoms with Crippen molar-refractivity contribution in [2.75, 3.05) is 13.4 Å². The van der Waals surface area contributed by atoms with Gasteiger partial charge >= 0.3 is 5.69 Å². The number of nitrogens with one attached hydrogen (secondary N) is 1. The number of nitrogens with zero attached hydrogens (tertiary/aromatic N) is 2. The van der Waals surface area contributed by atoms with E-state index in [2.05, 4.69) is 10.5 Å². The molecule has 0 saturated carbocycles. The van der Waals surface area contributed by atoms with Gasteiger partial charge in [0, 0.05) is 11.6 Å². The van der Waals surface area contributed by atoms with Crippen LogP contribution >= 0.6 is 0 Å². The topological polar surface area (TPSA) is 112 Å². The van der Waals surface area contributed by atoms with Gasteiger partial charge in [0.1, 0.15) is 0 Å². The fourth-order valence-electron chi connectivity index (χ4n) is 2.65. The van der Waals surface area contributed by atoms with Crippen LogP contribution in [-0.4, -0.2) is 29.9 Å². The Hall–Kier alpha value is -3.62. The molecule has 0 unspecified atom stereocenters. The number of carbonyl (C=O) groups is 1. The monoisotopic (exact) mass is 385 g/mol. The van der Waals surface area contributed by atoms with E-state index < -0.39 is 4.92 Å². The zero-order valence-electron chi connectivity index (χ0n) is 15.4. The molecule has 0 spiro atoms. The van der Waals surface area contributed by atoms with Gasteiger partial charge < -0.3 is 14.2 Å². The van der Waals surface area contributed by atoms with Gasteiger partial charge in [-0.15, -0.1) is 0 Å². The van der Waals surface area contributed by atoms with Gasteiger partial charge in [-0.25, -0.2) is 5.43 Å². The summed E-state index contributed by atoms with van der Waals surface area (Å²) in [6, 6.07) is 9.81. The molecule has 9 nitrogen and oxygen atoms in total. The molecule has 0 atom stereocenters. The third-order valence-electron chi connectivity index (χ3n) is 4.02. The van der Waals surface area contributed by atoms with Crippen molar-refractivity contribution in [1.29, 1.82) is 0 Å². The lowest BCUT2D eigenvalue weighted by molar-refractivity contribution is -0.385. The quantitative estimate of drug-likeness (QED) is 0.446. The molecule has 2 aromatic rings. The molecule has 0 radical (unpaired) electrons. The van der Waals surface area contributed by atoms with E-state index in [0.717, 1.165) is 5.56 Å². The Kier molecular flexibility index (Phi) is 5.73. The highest BCUT2D eigenvalue weighted by atomic mass is 16.7. The molecule has 146 valence electrons. The van der Waals surface area contributed by atoms with E-state index in [9.17, 15) is 14.9 Å². The Morgan fingerprint density at radius 3 is 2.79 bits per heavy atom. The first kappa shape index (κ1) is 19.2. The van der Waals surface area contributed by atoms with E-state index >= 15 is 0 Å². The van der Waals surface area contributed by atoms with Crippen LogP contribution in [0.5, 0.6) is 17.2 Å². The Morgan fingerprint density at radius 1 is 1.25 bits per heavy atom. The molecule has 1 heterocycles. The van der Waals surface area contributed by atoms with Crippen molar-refractivity contribution in [2.45, 2.75) is 20.3 Å². The molecule has 28 heavy (non-hydrogen) atoms. The second kappa shape index (κ2) is 8.38. The SMILES string of the molecule is CCOc1ccc(/C(C)=N\NC(=O)Cc2ccc3c(c2)OCO3)cc1[N+](=O)[O-]. The fraction of sp³-hybridized carbons (Fsp3) is 0.263. The maximum absolute atomic E-state index is 12.1. The van der Waals surface area contributed by atoms with Crippen molar-refractivity contribution in [2.24, 2.45) is 5.10 Å². The van der Waals surface area contributed by atoms with Gasteiger partial charge in [-0.05, 0) is 43.7 Å². The minimum absolute atomic E-state index is 0.108. The number of benzene rings is 2. The van der Waals surface area contributed by atoms with Gasteiger partial charge in [-0.3, -0.25) is 14.9 Å². The Balaban J connectivity index is 1.67. The normalized spacial score (nSPS) is 12.6. The van der Waals surface area contributed by atoms with Crippen LogP contribution in [0, 0.1) is 10.1 Å². The van der Waals surface area contributed by atoms with Crippen molar-refractivity contribution in [1.82, 2.24) is 5.43 Å². The molecule has 3 rings (SSSR count). The maximum atomic E-state index is 12.1. The summed E-state index contributed by atoms with van der Waals surface area (Å²) >= 11 is 0. The summed E-state index contributed by atoms with van der Waals surface area (Å²) in [6.45, 7) is 3.89. The van der Waals surface area contributed by atoms with E-state index in [0.29, 0.717) is 29.4 Å². The van der Waals surface area contributed by atoms with E-state index in [1.54, 1.807) is 38.1 Å². The predicted octanol–water partition coefficient (Wildman–Crippen LogP) is 2.81. The molecule has 0 bridgehead atoms. The van der Waals surface area contributed by atoms with Gasteiger partial charge in [0.25, 0.3) is 0 Å². The first-order valence-electron chi connectivity index (χ1n) is 8.61. The second-order valence-electron chi connectivity index (χ2n) is 5.97. The lowest BCUT2D eigenvalue weighted by atomic mass is 10.1. The number of hydrogen-bond acceptors (Lipinski definition) is 7. The van der Waals surface area contributed by atoms with Crippen LogP contribution in [0.3, 0.4) is 0 Å². The fourth-order valence-corrected chi connectivity index (χ4v) is 2.65. The number of nitro groups is 1. The van der Waals surface area contributed by atoms with E-state index in [4.69, 9.17) is 14.2 Å². The van der Waals surface area contributed by atoms with Gasteiger partial charge in [0.2, 0.25) is 12.7 Å². The van der Waals surface area contributed by atoms with Crippen molar-refractivity contribution < 1.29 is 23.9 Å². The molecule has 0 aromatic heterocycles. The van der Waals surface area contributed by atoms with Gasteiger partial charge in [0.05, 0.1) is 23.7 Å². The summed E-state index contributed by atoms with van der Waals surface area (Å²) < 4.78 is 15.8. The number of nitro benzene ring substituents is 1. The number of rotatable bonds is 7. The third-order valence-corrected chi connectivity index (χ3v) is 4.02. The molecule has 1 N–H and O–H groups in total. The molecule has 1 aliphatic rings. The lowest BCUT2D eigenvalue weighted by Crippen LogP contribution is -2.21. The minimum atomic E-state index is -0.514. The molecule has 0 aliphatic carbocycles. The van der Waals surface area contributed by atoms with Crippen molar-refractivity contribution in [3.8, 4) is 17.2 Å². The van der Waals surface area contributed by atoms with Crippen LogP contribution in [0.1, 0.15) is 25.0 Å². The lowest BCUT2D eigenvalue weighted by Gasteiger charge is -2.07. The maximum Gasteiger partial charge on any atom is 0.311 e. The molecule has 2 aromatic carbocycles. The van der Waals surface area contributed by atoms with Crippen molar-refractivity contribution in [3.05, 3.63) is 57.6 Å². The Morgan fingerprint density at radius 2 is 2.04 bits per heavy atom. The van der Waals surface area contributed by atoms with Crippen molar-refractivity contribution in [3.63, 3.8) is 0 Å². The van der Waals surface area contributed by atoms with E-state index in [1.807, 2.05) is 0 Å². The molecular formula is C19H19N3O6. The molecule has 1 amide bonds. The summed E-state index contributed by atoms with van der Waals surface area (Å²) in [6.07, 6.45) is 0.108. The number of ether oxygens (including phenoxy) is 3. The highest BCUT2D eigenvalue weighted by molar-refractivity contribution is 6.00.